The van der Waals surface area contributed by atoms with E-state index in [9.17, 15) is 17.6 Å². The minimum atomic E-state index is -3.70. The number of hydrogen-bond acceptors (Lipinski definition) is 3. The van der Waals surface area contributed by atoms with Crippen molar-refractivity contribution in [3.8, 4) is 0 Å². The van der Waals surface area contributed by atoms with E-state index in [0.29, 0.717) is 0 Å². The van der Waals surface area contributed by atoms with Crippen molar-refractivity contribution in [1.29, 1.82) is 0 Å². The third-order valence-corrected chi connectivity index (χ3v) is 3.34. The van der Waals surface area contributed by atoms with Crippen LogP contribution in [-0.2, 0) is 14.8 Å². The highest BCUT2D eigenvalue weighted by molar-refractivity contribution is 7.89. The predicted octanol–water partition coefficient (Wildman–Crippen LogP) is 0.765. The third-order valence-electron chi connectivity index (χ3n) is 1.87. The fourth-order valence-corrected chi connectivity index (χ4v) is 2.43. The average molecular weight is 255 g/mol. The van der Waals surface area contributed by atoms with Crippen molar-refractivity contribution in [3.05, 3.63) is 0 Å². The summed E-state index contributed by atoms with van der Waals surface area (Å²) in [5.41, 5.74) is 0. The van der Waals surface area contributed by atoms with Crippen LogP contribution in [0.5, 0.6) is 0 Å². The van der Waals surface area contributed by atoms with Crippen LogP contribution < -0.4 is 4.72 Å². The summed E-state index contributed by atoms with van der Waals surface area (Å²) in [6.07, 6.45) is 0.0908. The van der Waals surface area contributed by atoms with Gasteiger partial charge in [0.1, 0.15) is 6.04 Å². The summed E-state index contributed by atoms with van der Waals surface area (Å²) < 4.78 is 36.6. The van der Waals surface area contributed by atoms with E-state index in [-0.39, 0.29) is 24.5 Å². The van der Waals surface area contributed by atoms with Crippen LogP contribution in [0, 0.1) is 5.92 Å². The number of hydrogen-bond donors (Lipinski definition) is 2. The van der Waals surface area contributed by atoms with Crippen LogP contribution in [0.15, 0.2) is 0 Å². The fourth-order valence-electron chi connectivity index (χ4n) is 1.19. The molecule has 0 fully saturated rings. The molecule has 16 heavy (non-hydrogen) atoms. The molecule has 0 rings (SSSR count). The number of carboxylic acid groups (broad SMARTS) is 1. The van der Waals surface area contributed by atoms with Gasteiger partial charge in [-0.15, -0.1) is 0 Å². The van der Waals surface area contributed by atoms with Crippen LogP contribution in [0.3, 0.4) is 0 Å². The van der Waals surface area contributed by atoms with Gasteiger partial charge < -0.3 is 5.11 Å². The molecule has 0 saturated carbocycles. The van der Waals surface area contributed by atoms with E-state index in [1.165, 1.54) is 0 Å². The number of carbonyl (C=O) groups is 1. The fraction of sp³-hybridized carbons (Fsp3) is 0.889. The van der Waals surface area contributed by atoms with Gasteiger partial charge in [-0.1, -0.05) is 13.8 Å². The molecule has 0 bridgehead atoms. The summed E-state index contributed by atoms with van der Waals surface area (Å²) in [7, 11) is -3.70. The molecule has 0 aliphatic rings. The maximum atomic E-state index is 11.8. The normalized spacial score (nSPS) is 14.0. The van der Waals surface area contributed by atoms with Gasteiger partial charge in [-0.05, 0) is 18.8 Å². The third kappa shape index (κ3) is 6.73. The van der Waals surface area contributed by atoms with Gasteiger partial charge in [0.25, 0.3) is 0 Å². The quantitative estimate of drug-likeness (QED) is 0.671. The van der Waals surface area contributed by atoms with E-state index in [2.05, 4.69) is 4.72 Å². The molecule has 0 amide bonds. The first kappa shape index (κ1) is 15.3. The molecule has 5 nitrogen and oxygen atoms in total. The molecular formula is C9H18FNO4S. The van der Waals surface area contributed by atoms with Crippen LogP contribution in [0.4, 0.5) is 4.39 Å². The van der Waals surface area contributed by atoms with Crippen LogP contribution >= 0.6 is 0 Å². The molecule has 0 aromatic rings. The molecule has 0 aromatic carbocycles. The summed E-state index contributed by atoms with van der Waals surface area (Å²) in [5, 5.41) is 8.81. The van der Waals surface area contributed by atoms with Crippen LogP contribution in [0.1, 0.15) is 26.7 Å². The van der Waals surface area contributed by atoms with Gasteiger partial charge in [-0.25, -0.2) is 13.1 Å². The standard InChI is InChI=1S/C9H18FNO4S/c1-7(2)6-8(9(12)13)11-16(14,15)5-3-4-10/h7-8,11H,3-6H2,1-2H3,(H,12,13)/t8-/m0/s1. The second-order valence-electron chi connectivity index (χ2n) is 4.00. The molecule has 0 radical (unpaired) electrons. The van der Waals surface area contributed by atoms with E-state index in [4.69, 9.17) is 5.11 Å². The van der Waals surface area contributed by atoms with Crippen molar-refractivity contribution >= 4 is 16.0 Å². The summed E-state index contributed by atoms with van der Waals surface area (Å²) in [4.78, 5) is 10.8. The molecule has 0 aliphatic carbocycles. The van der Waals surface area contributed by atoms with Gasteiger partial charge in [-0.2, -0.15) is 0 Å². The van der Waals surface area contributed by atoms with E-state index in [1.54, 1.807) is 13.8 Å². The van der Waals surface area contributed by atoms with Gasteiger partial charge in [0.05, 0.1) is 12.4 Å². The average Bonchev–Trinajstić information content (AvgIpc) is 2.12. The van der Waals surface area contributed by atoms with Crippen molar-refractivity contribution in [2.24, 2.45) is 5.92 Å². The largest absolute Gasteiger partial charge is 0.480 e. The number of sulfonamides is 1. The first-order valence-electron chi connectivity index (χ1n) is 5.07. The lowest BCUT2D eigenvalue weighted by atomic mass is 10.1. The number of carboxylic acids is 1. The molecule has 7 heteroatoms. The lowest BCUT2D eigenvalue weighted by Crippen LogP contribution is -2.42. The van der Waals surface area contributed by atoms with E-state index >= 15 is 0 Å². The predicted molar refractivity (Wildman–Crippen MR) is 58.4 cm³/mol. The minimum absolute atomic E-state index is 0.0602. The SMILES string of the molecule is CC(C)C[C@H](NS(=O)(=O)CCCF)C(=O)O. The Hall–Kier alpha value is -0.690. The van der Waals surface area contributed by atoms with Crippen molar-refractivity contribution in [1.82, 2.24) is 4.72 Å². The highest BCUT2D eigenvalue weighted by atomic mass is 32.2. The van der Waals surface area contributed by atoms with Gasteiger partial charge >= 0.3 is 5.97 Å². The second kappa shape index (κ2) is 6.80. The van der Waals surface area contributed by atoms with Crippen LogP contribution in [0.25, 0.3) is 0 Å². The van der Waals surface area contributed by atoms with Crippen molar-refractivity contribution in [2.75, 3.05) is 12.4 Å². The Labute approximate surface area is 95.1 Å². The molecule has 96 valence electrons. The molecule has 0 saturated heterocycles. The minimum Gasteiger partial charge on any atom is -0.480 e. The lowest BCUT2D eigenvalue weighted by molar-refractivity contribution is -0.139. The van der Waals surface area contributed by atoms with Crippen molar-refractivity contribution in [2.45, 2.75) is 32.7 Å². The topological polar surface area (TPSA) is 83.5 Å². The zero-order valence-corrected chi connectivity index (χ0v) is 10.3. The van der Waals surface area contributed by atoms with Gasteiger partial charge in [0, 0.05) is 0 Å². The molecule has 0 unspecified atom stereocenters. The Kier molecular flexibility index (Phi) is 6.51. The van der Waals surface area contributed by atoms with Gasteiger partial charge in [-0.3, -0.25) is 9.18 Å². The highest BCUT2D eigenvalue weighted by Gasteiger charge is 2.24. The van der Waals surface area contributed by atoms with Crippen LogP contribution in [0.2, 0.25) is 0 Å². The van der Waals surface area contributed by atoms with Crippen LogP contribution in [-0.4, -0.2) is 38.0 Å². The first-order chi connectivity index (χ1) is 7.28. The maximum absolute atomic E-state index is 11.8. The zero-order valence-electron chi connectivity index (χ0n) is 9.44. The molecule has 0 heterocycles. The van der Waals surface area contributed by atoms with Crippen molar-refractivity contribution in [3.63, 3.8) is 0 Å². The molecule has 1 atom stereocenters. The Morgan fingerprint density at radius 3 is 2.38 bits per heavy atom. The molecule has 0 spiro atoms. The zero-order chi connectivity index (χ0) is 12.8. The lowest BCUT2D eigenvalue weighted by Gasteiger charge is -2.16. The Balaban J connectivity index is 4.44. The smallest absolute Gasteiger partial charge is 0.321 e. The molecule has 0 aromatic heterocycles. The van der Waals surface area contributed by atoms with Gasteiger partial charge in [0.2, 0.25) is 10.0 Å². The Morgan fingerprint density at radius 2 is 2.00 bits per heavy atom. The summed E-state index contributed by atoms with van der Waals surface area (Å²) >= 11 is 0. The molecular weight excluding hydrogens is 237 g/mol. The monoisotopic (exact) mass is 255 g/mol. The van der Waals surface area contributed by atoms with E-state index < -0.39 is 28.7 Å². The Morgan fingerprint density at radius 1 is 1.44 bits per heavy atom. The summed E-state index contributed by atoms with van der Waals surface area (Å²) in [6, 6.07) is -1.13. The highest BCUT2D eigenvalue weighted by Crippen LogP contribution is 2.06. The van der Waals surface area contributed by atoms with Crippen molar-refractivity contribution < 1.29 is 22.7 Å². The number of rotatable bonds is 8. The van der Waals surface area contributed by atoms with Gasteiger partial charge in [0.15, 0.2) is 0 Å². The molecule has 2 N–H and O–H groups in total. The Bertz CT molecular complexity index is 315. The second-order valence-corrected chi connectivity index (χ2v) is 5.87. The maximum Gasteiger partial charge on any atom is 0.321 e. The first-order valence-corrected chi connectivity index (χ1v) is 6.72. The number of nitrogens with one attached hydrogen (secondary N) is 1. The summed E-state index contributed by atoms with van der Waals surface area (Å²) in [5.74, 6) is -1.53. The number of aliphatic carboxylic acids is 1. The summed E-state index contributed by atoms with van der Waals surface area (Å²) in [6.45, 7) is 2.86. The number of halogens is 1. The van der Waals surface area contributed by atoms with E-state index in [0.717, 1.165) is 0 Å². The number of alkyl halides is 1. The van der Waals surface area contributed by atoms with E-state index in [1.807, 2.05) is 0 Å². The molecule has 0 aliphatic heterocycles.